The first kappa shape index (κ1) is 14.0. The number of hydrogen-bond donors (Lipinski definition) is 1. The Hall–Kier alpha value is -2.37. The molecule has 0 radical (unpaired) electrons. The van der Waals surface area contributed by atoms with Gasteiger partial charge in [0.25, 0.3) is 0 Å². The quantitative estimate of drug-likeness (QED) is 0.677. The first-order valence-electron chi connectivity index (χ1n) is 6.44. The molecule has 0 saturated carbocycles. The summed E-state index contributed by atoms with van der Waals surface area (Å²) in [6, 6.07) is 10.1. The molecular weight excluding hydrogens is 254 g/mol. The van der Waals surface area contributed by atoms with E-state index >= 15 is 0 Å². The molecule has 106 valence electrons. The van der Waals surface area contributed by atoms with E-state index in [2.05, 4.69) is 32.6 Å². The summed E-state index contributed by atoms with van der Waals surface area (Å²) < 4.78 is 4.93. The van der Waals surface area contributed by atoms with Crippen LogP contribution >= 0.6 is 0 Å². The molecule has 6 heteroatoms. The Balaban J connectivity index is 1.96. The summed E-state index contributed by atoms with van der Waals surface area (Å²) in [7, 11) is 3.89. The number of benzene rings is 1. The fourth-order valence-electron chi connectivity index (χ4n) is 1.68. The standard InChI is InChI=1S/C14H19N5O/c1-11-17-13(18-20-11)10-16-14(19(2)3)15-9-12-7-5-4-6-8-12/h4-8H,9-10H2,1-3H3,(H,15,16). The summed E-state index contributed by atoms with van der Waals surface area (Å²) in [5, 5.41) is 7.05. The van der Waals surface area contributed by atoms with Crippen molar-refractivity contribution in [1.82, 2.24) is 20.4 Å². The van der Waals surface area contributed by atoms with E-state index < -0.39 is 0 Å². The fraction of sp³-hybridized carbons (Fsp3) is 0.357. The van der Waals surface area contributed by atoms with Crippen molar-refractivity contribution in [2.24, 2.45) is 4.99 Å². The third-order valence-corrected chi connectivity index (χ3v) is 2.65. The highest BCUT2D eigenvalue weighted by Crippen LogP contribution is 2.01. The number of nitrogens with one attached hydrogen (secondary N) is 1. The van der Waals surface area contributed by atoms with Gasteiger partial charge in [0.15, 0.2) is 11.8 Å². The minimum atomic E-state index is 0.489. The molecule has 1 aromatic heterocycles. The van der Waals surface area contributed by atoms with E-state index in [9.17, 15) is 0 Å². The monoisotopic (exact) mass is 273 g/mol. The summed E-state index contributed by atoms with van der Waals surface area (Å²) in [5.41, 5.74) is 1.17. The van der Waals surface area contributed by atoms with Gasteiger partial charge in [-0.3, -0.25) is 0 Å². The van der Waals surface area contributed by atoms with E-state index in [1.165, 1.54) is 5.56 Å². The van der Waals surface area contributed by atoms with Crippen molar-refractivity contribution in [1.29, 1.82) is 0 Å². The highest BCUT2D eigenvalue weighted by atomic mass is 16.5. The van der Waals surface area contributed by atoms with Crippen molar-refractivity contribution >= 4 is 5.96 Å². The predicted octanol–water partition coefficient (Wildman–Crippen LogP) is 1.59. The topological polar surface area (TPSA) is 66.6 Å². The van der Waals surface area contributed by atoms with Crippen molar-refractivity contribution in [2.75, 3.05) is 14.1 Å². The molecule has 0 fully saturated rings. The van der Waals surface area contributed by atoms with Crippen LogP contribution in [0.3, 0.4) is 0 Å². The first-order valence-corrected chi connectivity index (χ1v) is 6.44. The van der Waals surface area contributed by atoms with Crippen molar-refractivity contribution < 1.29 is 4.52 Å². The SMILES string of the molecule is Cc1nc(CNC(=NCc2ccccc2)N(C)C)no1. The number of guanidine groups is 1. The summed E-state index contributed by atoms with van der Waals surface area (Å²) >= 11 is 0. The van der Waals surface area contributed by atoms with E-state index in [1.54, 1.807) is 6.92 Å². The Morgan fingerprint density at radius 1 is 1.30 bits per heavy atom. The van der Waals surface area contributed by atoms with Gasteiger partial charge < -0.3 is 14.7 Å². The third-order valence-electron chi connectivity index (χ3n) is 2.65. The molecule has 2 rings (SSSR count). The summed E-state index contributed by atoms with van der Waals surface area (Å²) in [5.74, 6) is 1.97. The van der Waals surface area contributed by atoms with Crippen LogP contribution in [0.25, 0.3) is 0 Å². The molecule has 0 amide bonds. The number of aromatic nitrogens is 2. The Morgan fingerprint density at radius 3 is 2.65 bits per heavy atom. The second-order valence-electron chi connectivity index (χ2n) is 4.60. The Morgan fingerprint density at radius 2 is 2.05 bits per heavy atom. The third kappa shape index (κ3) is 4.08. The molecular formula is C14H19N5O. The number of nitrogens with zero attached hydrogens (tertiary/aromatic N) is 4. The zero-order chi connectivity index (χ0) is 14.4. The van der Waals surface area contributed by atoms with Gasteiger partial charge in [-0.05, 0) is 5.56 Å². The summed E-state index contributed by atoms with van der Waals surface area (Å²) in [4.78, 5) is 10.6. The van der Waals surface area contributed by atoms with Crippen LogP contribution in [0, 0.1) is 6.92 Å². The first-order chi connectivity index (χ1) is 9.65. The van der Waals surface area contributed by atoms with Crippen LogP contribution in [0.15, 0.2) is 39.8 Å². The highest BCUT2D eigenvalue weighted by Gasteiger charge is 2.05. The number of rotatable bonds is 4. The van der Waals surface area contributed by atoms with Crippen LogP contribution in [0.5, 0.6) is 0 Å². The molecule has 2 aromatic rings. The maximum absolute atomic E-state index is 4.93. The smallest absolute Gasteiger partial charge is 0.223 e. The number of aliphatic imine (C=N–C) groups is 1. The Labute approximate surface area is 118 Å². The molecule has 0 aliphatic carbocycles. The lowest BCUT2D eigenvalue weighted by Gasteiger charge is -2.16. The van der Waals surface area contributed by atoms with Crippen molar-refractivity contribution in [3.05, 3.63) is 47.6 Å². The number of aryl methyl sites for hydroxylation is 1. The second-order valence-corrected chi connectivity index (χ2v) is 4.60. The molecule has 0 saturated heterocycles. The van der Waals surface area contributed by atoms with E-state index in [-0.39, 0.29) is 0 Å². The van der Waals surface area contributed by atoms with E-state index in [0.717, 1.165) is 5.96 Å². The minimum absolute atomic E-state index is 0.489. The van der Waals surface area contributed by atoms with E-state index in [4.69, 9.17) is 4.52 Å². The van der Waals surface area contributed by atoms with Crippen LogP contribution in [-0.2, 0) is 13.1 Å². The lowest BCUT2D eigenvalue weighted by molar-refractivity contribution is 0.386. The molecule has 1 heterocycles. The molecule has 0 atom stereocenters. The molecule has 1 aromatic carbocycles. The molecule has 0 unspecified atom stereocenters. The zero-order valence-corrected chi connectivity index (χ0v) is 12.0. The van der Waals surface area contributed by atoms with Crippen LogP contribution < -0.4 is 5.32 Å². The lowest BCUT2D eigenvalue weighted by atomic mass is 10.2. The van der Waals surface area contributed by atoms with Gasteiger partial charge in [0.2, 0.25) is 5.89 Å². The Kier molecular flexibility index (Phi) is 4.70. The van der Waals surface area contributed by atoms with Crippen molar-refractivity contribution in [2.45, 2.75) is 20.0 Å². The second kappa shape index (κ2) is 6.70. The van der Waals surface area contributed by atoms with Crippen LogP contribution in [0.4, 0.5) is 0 Å². The van der Waals surface area contributed by atoms with Crippen LogP contribution in [-0.4, -0.2) is 35.1 Å². The molecule has 0 aliphatic rings. The average Bonchev–Trinajstić information content (AvgIpc) is 2.85. The van der Waals surface area contributed by atoms with Gasteiger partial charge in [-0.25, -0.2) is 4.99 Å². The van der Waals surface area contributed by atoms with E-state index in [1.807, 2.05) is 37.2 Å². The van der Waals surface area contributed by atoms with Crippen LogP contribution in [0.2, 0.25) is 0 Å². The minimum Gasteiger partial charge on any atom is -0.349 e. The maximum Gasteiger partial charge on any atom is 0.223 e. The number of hydrogen-bond acceptors (Lipinski definition) is 4. The summed E-state index contributed by atoms with van der Waals surface area (Å²) in [6.07, 6.45) is 0. The summed E-state index contributed by atoms with van der Waals surface area (Å²) in [6.45, 7) is 2.89. The molecule has 0 bridgehead atoms. The van der Waals surface area contributed by atoms with Crippen LogP contribution in [0.1, 0.15) is 17.3 Å². The maximum atomic E-state index is 4.93. The predicted molar refractivity (Wildman–Crippen MR) is 77.1 cm³/mol. The highest BCUT2D eigenvalue weighted by molar-refractivity contribution is 5.79. The van der Waals surface area contributed by atoms with Gasteiger partial charge in [0.05, 0.1) is 13.1 Å². The molecule has 0 aliphatic heterocycles. The van der Waals surface area contributed by atoms with Gasteiger partial charge >= 0.3 is 0 Å². The van der Waals surface area contributed by atoms with Gasteiger partial charge in [-0.1, -0.05) is 35.5 Å². The molecule has 0 spiro atoms. The molecule has 6 nitrogen and oxygen atoms in total. The van der Waals surface area contributed by atoms with Gasteiger partial charge in [0.1, 0.15) is 0 Å². The van der Waals surface area contributed by atoms with Gasteiger partial charge in [-0.15, -0.1) is 0 Å². The van der Waals surface area contributed by atoms with Crippen molar-refractivity contribution in [3.8, 4) is 0 Å². The largest absolute Gasteiger partial charge is 0.349 e. The van der Waals surface area contributed by atoms with E-state index in [0.29, 0.717) is 24.8 Å². The molecule has 1 N–H and O–H groups in total. The van der Waals surface area contributed by atoms with Gasteiger partial charge in [-0.2, -0.15) is 4.98 Å². The average molecular weight is 273 g/mol. The zero-order valence-electron chi connectivity index (χ0n) is 12.0. The lowest BCUT2D eigenvalue weighted by Crippen LogP contribution is -2.36. The van der Waals surface area contributed by atoms with Gasteiger partial charge in [0, 0.05) is 21.0 Å². The normalized spacial score (nSPS) is 11.4. The molecule has 20 heavy (non-hydrogen) atoms. The Bertz CT molecular complexity index is 562. The van der Waals surface area contributed by atoms with Crippen molar-refractivity contribution in [3.63, 3.8) is 0 Å². The fourth-order valence-corrected chi connectivity index (χ4v) is 1.68.